The molecule has 0 spiro atoms. The molecule has 3 rings (SSSR count). The van der Waals surface area contributed by atoms with Crippen LogP contribution in [0.2, 0.25) is 0 Å². The Bertz CT molecular complexity index is 1110. The SMILES string of the molecule is CCCCCCS(=O)(=O)NC(=O)c1ccc(CSCc2ccc(-c3ccccc3)cc2)cc1. The summed E-state index contributed by atoms with van der Waals surface area (Å²) in [5.74, 6) is 1.13. The van der Waals surface area contributed by atoms with Crippen LogP contribution in [0.15, 0.2) is 78.9 Å². The number of hydrogen-bond donors (Lipinski definition) is 1. The Hall–Kier alpha value is -2.57. The van der Waals surface area contributed by atoms with E-state index in [1.807, 2.05) is 30.3 Å². The number of unbranched alkanes of at least 4 members (excludes halogenated alkanes) is 3. The van der Waals surface area contributed by atoms with E-state index in [4.69, 9.17) is 0 Å². The fraction of sp³-hybridized carbons (Fsp3) is 0.296. The van der Waals surface area contributed by atoms with Crippen LogP contribution in [-0.2, 0) is 21.5 Å². The summed E-state index contributed by atoms with van der Waals surface area (Å²) >= 11 is 1.80. The second-order valence-electron chi connectivity index (χ2n) is 8.06. The van der Waals surface area contributed by atoms with Crippen molar-refractivity contribution < 1.29 is 13.2 Å². The van der Waals surface area contributed by atoms with Crippen LogP contribution in [0.25, 0.3) is 11.1 Å². The molecule has 174 valence electrons. The van der Waals surface area contributed by atoms with E-state index >= 15 is 0 Å². The molecule has 0 aliphatic heterocycles. The van der Waals surface area contributed by atoms with Gasteiger partial charge in [-0.3, -0.25) is 4.79 Å². The number of sulfonamides is 1. The van der Waals surface area contributed by atoms with E-state index in [0.717, 1.165) is 36.3 Å². The van der Waals surface area contributed by atoms with E-state index in [-0.39, 0.29) is 5.75 Å². The van der Waals surface area contributed by atoms with Crippen molar-refractivity contribution in [1.82, 2.24) is 4.72 Å². The Balaban J connectivity index is 1.45. The third-order valence-electron chi connectivity index (χ3n) is 5.33. The van der Waals surface area contributed by atoms with Crippen LogP contribution in [0, 0.1) is 0 Å². The summed E-state index contributed by atoms with van der Waals surface area (Å²) in [6, 6.07) is 26.1. The smallest absolute Gasteiger partial charge is 0.264 e. The molecule has 0 saturated carbocycles. The van der Waals surface area contributed by atoms with Crippen LogP contribution >= 0.6 is 11.8 Å². The number of carbonyl (C=O) groups excluding carboxylic acids is 1. The van der Waals surface area contributed by atoms with Crippen molar-refractivity contribution >= 4 is 27.7 Å². The Kier molecular flexibility index (Phi) is 9.58. The van der Waals surface area contributed by atoms with E-state index in [1.54, 1.807) is 23.9 Å². The third kappa shape index (κ3) is 8.37. The predicted octanol–water partition coefficient (Wildman–Crippen LogP) is 6.43. The van der Waals surface area contributed by atoms with E-state index in [2.05, 4.69) is 48.0 Å². The lowest BCUT2D eigenvalue weighted by atomic mass is 10.0. The quantitative estimate of drug-likeness (QED) is 0.303. The Morgan fingerprint density at radius 2 is 1.33 bits per heavy atom. The Labute approximate surface area is 201 Å². The molecule has 0 saturated heterocycles. The predicted molar refractivity (Wildman–Crippen MR) is 139 cm³/mol. The zero-order valence-electron chi connectivity index (χ0n) is 19.0. The van der Waals surface area contributed by atoms with Crippen molar-refractivity contribution in [3.05, 3.63) is 95.6 Å². The number of benzene rings is 3. The van der Waals surface area contributed by atoms with Crippen LogP contribution in [0.3, 0.4) is 0 Å². The van der Waals surface area contributed by atoms with Crippen LogP contribution in [-0.4, -0.2) is 20.1 Å². The second kappa shape index (κ2) is 12.6. The van der Waals surface area contributed by atoms with Gasteiger partial charge in [0.25, 0.3) is 5.91 Å². The van der Waals surface area contributed by atoms with Crippen molar-refractivity contribution in [3.63, 3.8) is 0 Å². The zero-order chi connectivity index (χ0) is 23.5. The number of carbonyl (C=O) groups is 1. The van der Waals surface area contributed by atoms with Gasteiger partial charge < -0.3 is 0 Å². The second-order valence-corrected chi connectivity index (χ2v) is 10.9. The van der Waals surface area contributed by atoms with Gasteiger partial charge in [0.15, 0.2) is 0 Å². The summed E-state index contributed by atoms with van der Waals surface area (Å²) in [5.41, 5.74) is 5.14. The first-order valence-corrected chi connectivity index (χ1v) is 14.1. The number of rotatable bonds is 12. The standard InChI is InChI=1S/C27H31NO3S2/c1-2-3-4-8-19-33(30,31)28-27(29)26-17-13-23(14-18-26)21-32-20-22-11-15-25(16-12-22)24-9-6-5-7-10-24/h5-7,9-18H,2-4,8,19-21H2,1H3,(H,28,29). The fourth-order valence-electron chi connectivity index (χ4n) is 3.43. The first kappa shape index (κ1) is 25.1. The molecule has 0 atom stereocenters. The number of nitrogens with one attached hydrogen (secondary N) is 1. The van der Waals surface area contributed by atoms with Gasteiger partial charge in [-0.05, 0) is 40.8 Å². The summed E-state index contributed by atoms with van der Waals surface area (Å²) in [4.78, 5) is 12.3. The zero-order valence-corrected chi connectivity index (χ0v) is 20.6. The van der Waals surface area contributed by atoms with Gasteiger partial charge in [0, 0.05) is 17.1 Å². The monoisotopic (exact) mass is 481 g/mol. The molecule has 1 amide bonds. The summed E-state index contributed by atoms with van der Waals surface area (Å²) in [7, 11) is -3.59. The lowest BCUT2D eigenvalue weighted by Crippen LogP contribution is -2.32. The summed E-state index contributed by atoms with van der Waals surface area (Å²) in [6.45, 7) is 2.07. The topological polar surface area (TPSA) is 63.2 Å². The van der Waals surface area contributed by atoms with Crippen LogP contribution in [0.5, 0.6) is 0 Å². The maximum atomic E-state index is 12.3. The molecular formula is C27H31NO3S2. The molecule has 4 nitrogen and oxygen atoms in total. The highest BCUT2D eigenvalue weighted by Crippen LogP contribution is 2.23. The lowest BCUT2D eigenvalue weighted by molar-refractivity contribution is 0.0981. The molecule has 0 aromatic heterocycles. The van der Waals surface area contributed by atoms with Gasteiger partial charge in [0.1, 0.15) is 0 Å². The molecule has 3 aromatic carbocycles. The maximum Gasteiger partial charge on any atom is 0.264 e. The molecule has 0 aliphatic carbocycles. The van der Waals surface area contributed by atoms with Crippen LogP contribution in [0.1, 0.15) is 54.1 Å². The molecule has 0 radical (unpaired) electrons. The van der Waals surface area contributed by atoms with Crippen molar-refractivity contribution in [2.24, 2.45) is 0 Å². The average molecular weight is 482 g/mol. The van der Waals surface area contributed by atoms with Crippen molar-refractivity contribution in [1.29, 1.82) is 0 Å². The van der Waals surface area contributed by atoms with Gasteiger partial charge in [-0.2, -0.15) is 11.8 Å². The molecule has 0 heterocycles. The molecule has 3 aromatic rings. The molecule has 1 N–H and O–H groups in total. The summed E-state index contributed by atoms with van der Waals surface area (Å²) in [6.07, 6.45) is 3.47. The van der Waals surface area contributed by atoms with Crippen molar-refractivity contribution in [3.8, 4) is 11.1 Å². The normalized spacial score (nSPS) is 11.3. The van der Waals surface area contributed by atoms with Crippen molar-refractivity contribution in [2.45, 2.75) is 44.1 Å². The van der Waals surface area contributed by atoms with E-state index < -0.39 is 15.9 Å². The minimum atomic E-state index is -3.59. The fourth-order valence-corrected chi connectivity index (χ4v) is 5.48. The third-order valence-corrected chi connectivity index (χ3v) is 7.73. The number of thioether (sulfide) groups is 1. The molecule has 0 unspecified atom stereocenters. The Morgan fingerprint density at radius 3 is 1.94 bits per heavy atom. The van der Waals surface area contributed by atoms with Gasteiger partial charge in [-0.1, -0.05) is 92.9 Å². The average Bonchev–Trinajstić information content (AvgIpc) is 2.83. The number of amides is 1. The lowest BCUT2D eigenvalue weighted by Gasteiger charge is -2.08. The minimum Gasteiger partial charge on any atom is -0.268 e. The first-order valence-electron chi connectivity index (χ1n) is 11.3. The van der Waals surface area contributed by atoms with E-state index in [0.29, 0.717) is 12.0 Å². The van der Waals surface area contributed by atoms with E-state index in [1.165, 1.54) is 16.7 Å². The van der Waals surface area contributed by atoms with Crippen LogP contribution in [0.4, 0.5) is 0 Å². The van der Waals surface area contributed by atoms with Crippen LogP contribution < -0.4 is 4.72 Å². The molecule has 0 bridgehead atoms. The molecular weight excluding hydrogens is 450 g/mol. The van der Waals surface area contributed by atoms with Gasteiger partial charge in [-0.25, -0.2) is 13.1 Å². The minimum absolute atomic E-state index is 0.0141. The Morgan fingerprint density at radius 1 is 0.758 bits per heavy atom. The van der Waals surface area contributed by atoms with Crippen molar-refractivity contribution in [2.75, 3.05) is 5.75 Å². The van der Waals surface area contributed by atoms with Gasteiger partial charge in [0.2, 0.25) is 10.0 Å². The van der Waals surface area contributed by atoms with E-state index in [9.17, 15) is 13.2 Å². The van der Waals surface area contributed by atoms with Gasteiger partial charge in [0.05, 0.1) is 5.75 Å². The summed E-state index contributed by atoms with van der Waals surface area (Å²) < 4.78 is 26.4. The summed E-state index contributed by atoms with van der Waals surface area (Å²) in [5, 5.41) is 0. The van der Waals surface area contributed by atoms with Gasteiger partial charge >= 0.3 is 0 Å². The highest BCUT2D eigenvalue weighted by Gasteiger charge is 2.15. The molecule has 6 heteroatoms. The van der Waals surface area contributed by atoms with Gasteiger partial charge in [-0.15, -0.1) is 0 Å². The highest BCUT2D eigenvalue weighted by atomic mass is 32.2. The largest absolute Gasteiger partial charge is 0.268 e. The highest BCUT2D eigenvalue weighted by molar-refractivity contribution is 7.97. The molecule has 33 heavy (non-hydrogen) atoms. The number of hydrogen-bond acceptors (Lipinski definition) is 4. The molecule has 0 aliphatic rings. The maximum absolute atomic E-state index is 12.3. The first-order chi connectivity index (χ1) is 16.0. The molecule has 0 fully saturated rings.